The number of rotatable bonds is 4. The molecule has 20 heavy (non-hydrogen) atoms. The lowest BCUT2D eigenvalue weighted by molar-refractivity contribution is 0.355. The minimum absolute atomic E-state index is 0.0318. The number of aromatic nitrogens is 4. The topological polar surface area (TPSA) is 107 Å². The molecule has 9 heteroatoms. The number of nitrogens with zero attached hydrogens (tertiary/aromatic N) is 5. The van der Waals surface area contributed by atoms with Crippen LogP contribution < -0.4 is 16.6 Å². The summed E-state index contributed by atoms with van der Waals surface area (Å²) < 4.78 is 13.3. The van der Waals surface area contributed by atoms with Crippen LogP contribution in [-0.4, -0.2) is 19.9 Å². The molecule has 4 N–H and O–H groups in total. The molecule has 2 heterocycles. The number of aryl methyl sites for hydroxylation is 1. The molecule has 0 spiro atoms. The van der Waals surface area contributed by atoms with Crippen molar-refractivity contribution in [3.8, 4) is 0 Å². The zero-order chi connectivity index (χ0) is 14.9. The Hall–Kier alpha value is -1.87. The second kappa shape index (κ2) is 5.63. The van der Waals surface area contributed by atoms with Crippen LogP contribution in [0.2, 0.25) is 0 Å². The van der Waals surface area contributed by atoms with E-state index in [0.717, 1.165) is 9.88 Å². The molecule has 2 aromatic rings. The Morgan fingerprint density at radius 3 is 2.55 bits per heavy atom. The number of hydrogen-bond donors (Lipinski definition) is 2. The molecule has 0 aliphatic rings. The first-order valence-corrected chi connectivity index (χ1v) is 6.82. The van der Waals surface area contributed by atoms with Gasteiger partial charge in [-0.15, -0.1) is 11.3 Å². The summed E-state index contributed by atoms with van der Waals surface area (Å²) in [4.78, 5) is 16.8. The van der Waals surface area contributed by atoms with Crippen molar-refractivity contribution in [3.63, 3.8) is 0 Å². The average molecular weight is 297 g/mol. The first kappa shape index (κ1) is 14.5. The fourth-order valence-corrected chi connectivity index (χ4v) is 2.41. The molecular formula is C11H16FN7S. The molecule has 2 unspecified atom stereocenters. The highest BCUT2D eigenvalue weighted by Gasteiger charge is 2.20. The zero-order valence-electron chi connectivity index (χ0n) is 11.4. The Labute approximate surface area is 119 Å². The van der Waals surface area contributed by atoms with Gasteiger partial charge >= 0.3 is 0 Å². The molecule has 0 aliphatic carbocycles. The molecule has 2 atom stereocenters. The van der Waals surface area contributed by atoms with Gasteiger partial charge in [-0.05, 0) is 20.8 Å². The minimum Gasteiger partial charge on any atom is -0.368 e. The summed E-state index contributed by atoms with van der Waals surface area (Å²) in [6, 6.07) is -0.203. The van der Waals surface area contributed by atoms with Gasteiger partial charge in [-0.25, -0.2) is 15.2 Å². The van der Waals surface area contributed by atoms with E-state index in [1.807, 2.05) is 13.8 Å². The van der Waals surface area contributed by atoms with Crippen LogP contribution in [0.4, 0.5) is 16.3 Å². The Morgan fingerprint density at radius 2 is 2.00 bits per heavy atom. The van der Waals surface area contributed by atoms with E-state index >= 15 is 0 Å². The van der Waals surface area contributed by atoms with Crippen LogP contribution >= 0.6 is 11.3 Å². The first-order chi connectivity index (χ1) is 9.38. The standard InChI is InChI=1S/C11H16FN7S/c1-5(12)9-16-10(13)18-11(17-9)19(14)6(2)8-4-15-7(3)20-8/h4-6H,14H2,1-3H3,(H2,13,16,17,18). The molecule has 0 radical (unpaired) electrons. The maximum atomic E-state index is 13.3. The molecule has 2 rings (SSSR count). The maximum absolute atomic E-state index is 13.3. The van der Waals surface area contributed by atoms with Crippen LogP contribution in [0.15, 0.2) is 6.20 Å². The van der Waals surface area contributed by atoms with E-state index < -0.39 is 6.17 Å². The lowest BCUT2D eigenvalue weighted by Gasteiger charge is -2.23. The average Bonchev–Trinajstić information content (AvgIpc) is 2.83. The Bertz CT molecular complexity index is 600. The van der Waals surface area contributed by atoms with Crippen molar-refractivity contribution in [2.75, 3.05) is 10.7 Å². The van der Waals surface area contributed by atoms with E-state index in [2.05, 4.69) is 19.9 Å². The third kappa shape index (κ3) is 2.99. The van der Waals surface area contributed by atoms with Gasteiger partial charge in [-0.1, -0.05) is 0 Å². The summed E-state index contributed by atoms with van der Waals surface area (Å²) in [6.07, 6.45) is 0.404. The van der Waals surface area contributed by atoms with Crippen molar-refractivity contribution in [2.24, 2.45) is 5.84 Å². The Kier molecular flexibility index (Phi) is 4.09. The molecule has 0 saturated heterocycles. The molecule has 7 nitrogen and oxygen atoms in total. The van der Waals surface area contributed by atoms with Crippen LogP contribution in [0.5, 0.6) is 0 Å². The van der Waals surface area contributed by atoms with Crippen LogP contribution in [0.25, 0.3) is 0 Å². The normalized spacial score (nSPS) is 14.1. The summed E-state index contributed by atoms with van der Waals surface area (Å²) in [5.41, 5.74) is 5.56. The maximum Gasteiger partial charge on any atom is 0.245 e. The predicted octanol–water partition coefficient (Wildman–Crippen LogP) is 1.69. The van der Waals surface area contributed by atoms with Gasteiger partial charge in [-0.2, -0.15) is 15.0 Å². The van der Waals surface area contributed by atoms with Crippen molar-refractivity contribution in [1.29, 1.82) is 0 Å². The molecular weight excluding hydrogens is 281 g/mol. The number of nitrogen functional groups attached to an aromatic ring is 1. The van der Waals surface area contributed by atoms with Gasteiger partial charge < -0.3 is 5.73 Å². The van der Waals surface area contributed by atoms with Gasteiger partial charge in [-0.3, -0.25) is 5.01 Å². The van der Waals surface area contributed by atoms with E-state index in [4.69, 9.17) is 11.6 Å². The quantitative estimate of drug-likeness (QED) is 0.653. The monoisotopic (exact) mass is 297 g/mol. The SMILES string of the molecule is Cc1ncc(C(C)N(N)c2nc(N)nc(C(C)F)n2)s1. The van der Waals surface area contributed by atoms with Crippen LogP contribution in [0, 0.1) is 6.92 Å². The third-order valence-corrected chi connectivity index (χ3v) is 3.80. The zero-order valence-corrected chi connectivity index (χ0v) is 12.2. The second-order valence-corrected chi connectivity index (χ2v) is 5.60. The summed E-state index contributed by atoms with van der Waals surface area (Å²) in [5.74, 6) is 6.04. The number of thiazole rings is 1. The third-order valence-electron chi connectivity index (χ3n) is 2.71. The van der Waals surface area contributed by atoms with Gasteiger partial charge in [0.15, 0.2) is 12.0 Å². The molecule has 108 valence electrons. The van der Waals surface area contributed by atoms with Crippen LogP contribution in [0.3, 0.4) is 0 Å². The van der Waals surface area contributed by atoms with Gasteiger partial charge in [0.25, 0.3) is 0 Å². The van der Waals surface area contributed by atoms with E-state index in [0.29, 0.717) is 0 Å². The molecule has 0 saturated carbocycles. The summed E-state index contributed by atoms with van der Waals surface area (Å²) in [7, 11) is 0. The van der Waals surface area contributed by atoms with Crippen LogP contribution in [0.1, 0.15) is 41.8 Å². The highest BCUT2D eigenvalue weighted by atomic mass is 32.1. The smallest absolute Gasteiger partial charge is 0.245 e. The van der Waals surface area contributed by atoms with E-state index in [-0.39, 0.29) is 23.8 Å². The molecule has 2 aromatic heterocycles. The number of hydrogen-bond acceptors (Lipinski definition) is 8. The van der Waals surface area contributed by atoms with Crippen molar-refractivity contribution in [3.05, 3.63) is 21.9 Å². The highest BCUT2D eigenvalue weighted by Crippen LogP contribution is 2.26. The molecule has 0 aromatic carbocycles. The second-order valence-electron chi connectivity index (χ2n) is 4.33. The number of hydrazine groups is 1. The molecule has 0 aliphatic heterocycles. The predicted molar refractivity (Wildman–Crippen MR) is 75.7 cm³/mol. The van der Waals surface area contributed by atoms with Crippen LogP contribution in [-0.2, 0) is 0 Å². The van der Waals surface area contributed by atoms with Crippen molar-refractivity contribution in [1.82, 2.24) is 19.9 Å². The van der Waals surface area contributed by atoms with E-state index in [9.17, 15) is 4.39 Å². The molecule has 0 fully saturated rings. The fourth-order valence-electron chi connectivity index (χ4n) is 1.57. The lowest BCUT2D eigenvalue weighted by Crippen LogP contribution is -2.35. The van der Waals surface area contributed by atoms with Crippen molar-refractivity contribution >= 4 is 23.2 Å². The number of nitrogens with two attached hydrogens (primary N) is 2. The highest BCUT2D eigenvalue weighted by molar-refractivity contribution is 7.11. The van der Waals surface area contributed by atoms with E-state index in [1.165, 1.54) is 23.3 Å². The van der Waals surface area contributed by atoms with Gasteiger partial charge in [0.05, 0.1) is 11.0 Å². The van der Waals surface area contributed by atoms with Gasteiger partial charge in [0.1, 0.15) is 0 Å². The van der Waals surface area contributed by atoms with Crippen molar-refractivity contribution < 1.29 is 4.39 Å². The Morgan fingerprint density at radius 1 is 1.30 bits per heavy atom. The first-order valence-electron chi connectivity index (χ1n) is 6.00. The number of halogens is 1. The number of alkyl halides is 1. The summed E-state index contributed by atoms with van der Waals surface area (Å²) >= 11 is 1.52. The largest absolute Gasteiger partial charge is 0.368 e. The molecule has 0 bridgehead atoms. The number of anilines is 2. The summed E-state index contributed by atoms with van der Waals surface area (Å²) in [6.45, 7) is 5.12. The van der Waals surface area contributed by atoms with Crippen molar-refractivity contribution in [2.45, 2.75) is 33.0 Å². The van der Waals surface area contributed by atoms with Gasteiger partial charge in [0.2, 0.25) is 11.9 Å². The molecule has 0 amide bonds. The van der Waals surface area contributed by atoms with E-state index in [1.54, 1.807) is 6.20 Å². The lowest BCUT2D eigenvalue weighted by atomic mass is 10.3. The summed E-state index contributed by atoms with van der Waals surface area (Å²) in [5, 5.41) is 2.27. The van der Waals surface area contributed by atoms with Gasteiger partial charge in [0, 0.05) is 11.1 Å². The minimum atomic E-state index is -1.34. The fraction of sp³-hybridized carbons (Fsp3) is 0.455. The Balaban J connectivity index is 2.30.